The minimum atomic E-state index is -2.16. The molecule has 6 heteroatoms. The highest BCUT2D eigenvalue weighted by molar-refractivity contribution is 9.10. The van der Waals surface area contributed by atoms with Crippen molar-refractivity contribution in [2.24, 2.45) is 5.92 Å². The average Bonchev–Trinajstić information content (AvgIpc) is 2.43. The predicted octanol–water partition coefficient (Wildman–Crippen LogP) is 3.04. The first kappa shape index (κ1) is 16.6. The SMILES string of the molecule is CC1(Br)CCCC(OC(=O)c2ccccc2)C1CS(=O)[O-]. The third kappa shape index (κ3) is 4.37. The molecule has 0 amide bonds. The van der Waals surface area contributed by atoms with E-state index < -0.39 is 17.0 Å². The highest BCUT2D eigenvalue weighted by atomic mass is 79.9. The van der Waals surface area contributed by atoms with Crippen LogP contribution in [0.25, 0.3) is 0 Å². The van der Waals surface area contributed by atoms with Crippen LogP contribution in [-0.2, 0) is 15.8 Å². The van der Waals surface area contributed by atoms with Gasteiger partial charge < -0.3 is 9.29 Å². The number of halogens is 1. The van der Waals surface area contributed by atoms with E-state index in [-0.39, 0.29) is 22.1 Å². The number of hydrogen-bond donors (Lipinski definition) is 0. The molecule has 0 radical (unpaired) electrons. The largest absolute Gasteiger partial charge is 0.772 e. The number of rotatable bonds is 4. The van der Waals surface area contributed by atoms with E-state index in [0.29, 0.717) is 12.0 Å². The van der Waals surface area contributed by atoms with Gasteiger partial charge in [0.1, 0.15) is 6.10 Å². The summed E-state index contributed by atoms with van der Waals surface area (Å²) in [6.07, 6.45) is 2.08. The van der Waals surface area contributed by atoms with E-state index in [2.05, 4.69) is 15.9 Å². The molecular weight excluding hydrogens is 356 g/mol. The van der Waals surface area contributed by atoms with Crippen molar-refractivity contribution in [1.29, 1.82) is 0 Å². The molecule has 116 valence electrons. The van der Waals surface area contributed by atoms with Crippen LogP contribution >= 0.6 is 15.9 Å². The number of hydrogen-bond acceptors (Lipinski definition) is 4. The molecule has 0 bridgehead atoms. The van der Waals surface area contributed by atoms with E-state index in [1.54, 1.807) is 24.3 Å². The van der Waals surface area contributed by atoms with Crippen LogP contribution in [0.2, 0.25) is 0 Å². The molecule has 1 aromatic rings. The van der Waals surface area contributed by atoms with Gasteiger partial charge in [-0.3, -0.25) is 4.21 Å². The van der Waals surface area contributed by atoms with Gasteiger partial charge in [-0.05, 0) is 38.3 Å². The molecule has 4 unspecified atom stereocenters. The molecule has 1 aromatic carbocycles. The first-order chi connectivity index (χ1) is 9.90. The molecular formula is C15H18BrO4S-. The Morgan fingerprint density at radius 3 is 2.76 bits per heavy atom. The van der Waals surface area contributed by atoms with Crippen molar-refractivity contribution in [3.8, 4) is 0 Å². The first-order valence-electron chi connectivity index (χ1n) is 6.91. The monoisotopic (exact) mass is 373 g/mol. The van der Waals surface area contributed by atoms with Gasteiger partial charge in [-0.1, -0.05) is 45.2 Å². The topological polar surface area (TPSA) is 66.4 Å². The third-order valence-electron chi connectivity index (χ3n) is 3.96. The molecule has 4 nitrogen and oxygen atoms in total. The van der Waals surface area contributed by atoms with Crippen molar-refractivity contribution < 1.29 is 18.3 Å². The minimum Gasteiger partial charge on any atom is -0.772 e. The van der Waals surface area contributed by atoms with E-state index in [1.165, 1.54) is 0 Å². The van der Waals surface area contributed by atoms with Crippen molar-refractivity contribution in [2.45, 2.75) is 36.6 Å². The zero-order valence-electron chi connectivity index (χ0n) is 11.8. The summed E-state index contributed by atoms with van der Waals surface area (Å²) in [6.45, 7) is 1.97. The number of carbonyl (C=O) groups is 1. The summed E-state index contributed by atoms with van der Waals surface area (Å²) in [5, 5.41) is 0. The fourth-order valence-electron chi connectivity index (χ4n) is 2.77. The molecule has 0 heterocycles. The van der Waals surface area contributed by atoms with Crippen LogP contribution in [-0.4, -0.2) is 30.9 Å². The fraction of sp³-hybridized carbons (Fsp3) is 0.533. The fourth-order valence-corrected chi connectivity index (χ4v) is 4.60. The minimum absolute atomic E-state index is 0.00547. The summed E-state index contributed by atoms with van der Waals surface area (Å²) in [5.41, 5.74) is 0.487. The Morgan fingerprint density at radius 2 is 2.14 bits per heavy atom. The standard InChI is InChI=1S/C15H19BrO4S/c1-15(16)9-5-8-13(12(15)10-21(18)19)20-14(17)11-6-3-2-4-7-11/h2-4,6-7,12-13H,5,8-10H2,1H3,(H,18,19)/p-1. The van der Waals surface area contributed by atoms with Gasteiger partial charge in [-0.2, -0.15) is 0 Å². The van der Waals surface area contributed by atoms with Gasteiger partial charge in [0.05, 0.1) is 5.56 Å². The molecule has 21 heavy (non-hydrogen) atoms. The first-order valence-corrected chi connectivity index (χ1v) is 8.94. The molecule has 1 fully saturated rings. The molecule has 0 spiro atoms. The van der Waals surface area contributed by atoms with Gasteiger partial charge in [0.2, 0.25) is 0 Å². The quantitative estimate of drug-likeness (QED) is 0.462. The molecule has 0 N–H and O–H groups in total. The molecule has 0 saturated heterocycles. The summed E-state index contributed by atoms with van der Waals surface area (Å²) in [4.78, 5) is 12.2. The lowest BCUT2D eigenvalue weighted by Gasteiger charge is -2.42. The third-order valence-corrected chi connectivity index (χ3v) is 5.58. The van der Waals surface area contributed by atoms with E-state index in [1.807, 2.05) is 13.0 Å². The Kier molecular flexibility index (Phi) is 5.57. The van der Waals surface area contributed by atoms with Gasteiger partial charge in [0.15, 0.2) is 0 Å². The predicted molar refractivity (Wildman–Crippen MR) is 84.1 cm³/mol. The van der Waals surface area contributed by atoms with Crippen LogP contribution in [0.15, 0.2) is 30.3 Å². The second kappa shape index (κ2) is 7.03. The molecule has 0 aromatic heterocycles. The van der Waals surface area contributed by atoms with Crippen LogP contribution in [0.3, 0.4) is 0 Å². The maximum atomic E-state index is 12.2. The highest BCUT2D eigenvalue weighted by Gasteiger charge is 2.42. The molecule has 4 atom stereocenters. The lowest BCUT2D eigenvalue weighted by atomic mass is 9.79. The Labute approximate surface area is 135 Å². The zero-order chi connectivity index (χ0) is 15.5. The number of alkyl halides is 1. The van der Waals surface area contributed by atoms with Crippen molar-refractivity contribution in [1.82, 2.24) is 0 Å². The van der Waals surface area contributed by atoms with Crippen LogP contribution in [0.5, 0.6) is 0 Å². The second-order valence-electron chi connectivity index (χ2n) is 5.56. The van der Waals surface area contributed by atoms with E-state index in [9.17, 15) is 13.6 Å². The summed E-state index contributed by atoms with van der Waals surface area (Å²) in [6, 6.07) is 8.77. The van der Waals surface area contributed by atoms with Gasteiger partial charge in [-0.25, -0.2) is 4.79 Å². The Morgan fingerprint density at radius 1 is 1.48 bits per heavy atom. The van der Waals surface area contributed by atoms with Gasteiger partial charge in [0.25, 0.3) is 0 Å². The highest BCUT2D eigenvalue weighted by Crippen LogP contribution is 2.42. The Bertz CT molecular complexity index is 518. The van der Waals surface area contributed by atoms with Gasteiger partial charge in [-0.15, -0.1) is 0 Å². The molecule has 0 aliphatic heterocycles. The molecule has 2 rings (SSSR count). The Hall–Kier alpha value is -0.720. The van der Waals surface area contributed by atoms with Gasteiger partial charge in [0, 0.05) is 16.0 Å². The van der Waals surface area contributed by atoms with E-state index in [4.69, 9.17) is 4.74 Å². The zero-order valence-corrected chi connectivity index (χ0v) is 14.2. The average molecular weight is 374 g/mol. The molecule has 1 aliphatic rings. The van der Waals surface area contributed by atoms with Crippen LogP contribution in [0.1, 0.15) is 36.5 Å². The summed E-state index contributed by atoms with van der Waals surface area (Å²) in [7, 11) is 0. The second-order valence-corrected chi connectivity index (χ2v) is 8.31. The van der Waals surface area contributed by atoms with E-state index in [0.717, 1.165) is 12.8 Å². The number of esters is 1. The normalized spacial score (nSPS) is 30.6. The van der Waals surface area contributed by atoms with Crippen molar-refractivity contribution >= 4 is 33.0 Å². The lowest BCUT2D eigenvalue weighted by molar-refractivity contribution is -0.000313. The summed E-state index contributed by atoms with van der Waals surface area (Å²) in [5.74, 6) is -0.640. The van der Waals surface area contributed by atoms with E-state index >= 15 is 0 Å². The lowest BCUT2D eigenvalue weighted by Crippen LogP contribution is -2.46. The number of carbonyl (C=O) groups excluding carboxylic acids is 1. The van der Waals surface area contributed by atoms with Crippen molar-refractivity contribution in [3.05, 3.63) is 35.9 Å². The molecule has 1 aliphatic carbocycles. The maximum absolute atomic E-state index is 12.2. The number of ether oxygens (including phenoxy) is 1. The summed E-state index contributed by atoms with van der Waals surface area (Å²) >= 11 is 1.45. The smallest absolute Gasteiger partial charge is 0.338 e. The van der Waals surface area contributed by atoms with Crippen LogP contribution in [0, 0.1) is 5.92 Å². The van der Waals surface area contributed by atoms with Crippen LogP contribution < -0.4 is 0 Å². The summed E-state index contributed by atoms with van der Waals surface area (Å²) < 4.78 is 27.4. The Balaban J connectivity index is 2.12. The van der Waals surface area contributed by atoms with Crippen molar-refractivity contribution in [3.63, 3.8) is 0 Å². The molecule has 1 saturated carbocycles. The maximum Gasteiger partial charge on any atom is 0.338 e. The van der Waals surface area contributed by atoms with Crippen LogP contribution in [0.4, 0.5) is 0 Å². The number of benzene rings is 1. The van der Waals surface area contributed by atoms with Crippen molar-refractivity contribution in [2.75, 3.05) is 5.75 Å². The van der Waals surface area contributed by atoms with Gasteiger partial charge >= 0.3 is 5.97 Å².